The molecule has 0 aliphatic rings. The summed E-state index contributed by atoms with van der Waals surface area (Å²) in [7, 11) is 0. The van der Waals surface area contributed by atoms with E-state index in [1.807, 2.05) is 29.8 Å². The summed E-state index contributed by atoms with van der Waals surface area (Å²) in [6.07, 6.45) is 6.13. The summed E-state index contributed by atoms with van der Waals surface area (Å²) in [5.74, 6) is -1.87. The van der Waals surface area contributed by atoms with Gasteiger partial charge in [0.25, 0.3) is 0 Å². The lowest BCUT2D eigenvalue weighted by Gasteiger charge is -2.12. The molecule has 3 heterocycles. The van der Waals surface area contributed by atoms with Gasteiger partial charge in [-0.2, -0.15) is 0 Å². The van der Waals surface area contributed by atoms with Crippen molar-refractivity contribution in [3.8, 4) is 10.4 Å². The van der Waals surface area contributed by atoms with Crippen molar-refractivity contribution in [1.29, 1.82) is 0 Å². The number of rotatable bonds is 5. The average molecular weight is 332 g/mol. The molecule has 0 saturated heterocycles. The molecule has 1 N–H and O–H groups in total. The van der Waals surface area contributed by atoms with E-state index >= 15 is 0 Å². The zero-order chi connectivity index (χ0) is 15.5. The normalized spacial score (nSPS) is 12.2. The van der Waals surface area contributed by atoms with Crippen molar-refractivity contribution in [2.45, 2.75) is 10.9 Å². The predicted octanol–water partition coefficient (Wildman–Crippen LogP) is 3.74. The fourth-order valence-electron chi connectivity index (χ4n) is 2.20. The van der Waals surface area contributed by atoms with Crippen LogP contribution < -0.4 is 0 Å². The molecule has 5 nitrogen and oxygen atoms in total. The van der Waals surface area contributed by atoms with E-state index in [-0.39, 0.29) is 0 Å². The van der Waals surface area contributed by atoms with Gasteiger partial charge < -0.3 is 9.52 Å². The van der Waals surface area contributed by atoms with Crippen molar-refractivity contribution >= 4 is 29.1 Å². The molecular formula is C15H12N2O3S2. The number of hydrogen-bond acceptors (Lipinski definition) is 6. The molecule has 0 aromatic carbocycles. The number of thiophene rings is 1. The largest absolute Gasteiger partial charge is 0.480 e. The molecule has 3 aromatic rings. The standard InChI is InChI=1S/C15H12N2O3S2/c1-21-14-10(12-3-2-4-22-12)5-9(6-16-14)13(15(18)19)11-7-20-8-17-11/h2-8,13H,1H3,(H,18,19). The molecule has 0 amide bonds. The van der Waals surface area contributed by atoms with E-state index in [9.17, 15) is 9.90 Å². The number of nitrogens with zero attached hydrogens (tertiary/aromatic N) is 2. The number of carboxylic acid groups (broad SMARTS) is 1. The fraction of sp³-hybridized carbons (Fsp3) is 0.133. The second kappa shape index (κ2) is 6.33. The fourth-order valence-corrected chi connectivity index (χ4v) is 3.56. The van der Waals surface area contributed by atoms with Crippen LogP contribution in [0, 0.1) is 0 Å². The van der Waals surface area contributed by atoms with Crippen LogP contribution in [-0.2, 0) is 4.79 Å². The lowest BCUT2D eigenvalue weighted by Crippen LogP contribution is -2.14. The van der Waals surface area contributed by atoms with E-state index in [1.165, 1.54) is 24.4 Å². The van der Waals surface area contributed by atoms with E-state index < -0.39 is 11.9 Å². The zero-order valence-electron chi connectivity index (χ0n) is 11.6. The molecule has 3 rings (SSSR count). The molecule has 0 spiro atoms. The maximum absolute atomic E-state index is 11.6. The van der Waals surface area contributed by atoms with Crippen LogP contribution in [0.1, 0.15) is 17.2 Å². The molecule has 0 saturated carbocycles. The number of hydrogen-bond donors (Lipinski definition) is 1. The smallest absolute Gasteiger partial charge is 0.317 e. The Morgan fingerprint density at radius 3 is 2.91 bits per heavy atom. The van der Waals surface area contributed by atoms with Crippen molar-refractivity contribution in [3.05, 3.63) is 53.7 Å². The molecule has 1 atom stereocenters. The highest BCUT2D eigenvalue weighted by Gasteiger charge is 2.26. The van der Waals surface area contributed by atoms with Crippen molar-refractivity contribution in [2.75, 3.05) is 6.26 Å². The summed E-state index contributed by atoms with van der Waals surface area (Å²) in [4.78, 5) is 21.1. The second-order valence-electron chi connectivity index (χ2n) is 4.49. The maximum Gasteiger partial charge on any atom is 0.317 e. The van der Waals surface area contributed by atoms with Gasteiger partial charge in [-0.05, 0) is 29.3 Å². The molecule has 22 heavy (non-hydrogen) atoms. The van der Waals surface area contributed by atoms with Gasteiger partial charge in [0, 0.05) is 16.6 Å². The van der Waals surface area contributed by atoms with Crippen LogP contribution in [0.15, 0.2) is 51.9 Å². The van der Waals surface area contributed by atoms with E-state index in [0.717, 1.165) is 15.5 Å². The van der Waals surface area contributed by atoms with Crippen LogP contribution in [0.3, 0.4) is 0 Å². The molecular weight excluding hydrogens is 320 g/mol. The minimum absolute atomic E-state index is 0.364. The first-order chi connectivity index (χ1) is 10.7. The highest BCUT2D eigenvalue weighted by molar-refractivity contribution is 7.98. The van der Waals surface area contributed by atoms with Gasteiger partial charge in [-0.1, -0.05) is 6.07 Å². The van der Waals surface area contributed by atoms with Crippen LogP contribution in [0.25, 0.3) is 10.4 Å². The first kappa shape index (κ1) is 14.8. The van der Waals surface area contributed by atoms with Gasteiger partial charge in [-0.15, -0.1) is 23.1 Å². The van der Waals surface area contributed by atoms with Crippen LogP contribution in [0.5, 0.6) is 0 Å². The first-order valence-electron chi connectivity index (χ1n) is 6.39. The molecule has 0 radical (unpaired) electrons. The number of thioether (sulfide) groups is 1. The highest BCUT2D eigenvalue weighted by Crippen LogP contribution is 2.35. The number of carboxylic acids is 1. The zero-order valence-corrected chi connectivity index (χ0v) is 13.2. The minimum Gasteiger partial charge on any atom is -0.480 e. The maximum atomic E-state index is 11.6. The number of aromatic nitrogens is 2. The topological polar surface area (TPSA) is 76.2 Å². The molecule has 0 aliphatic heterocycles. The van der Waals surface area contributed by atoms with Crippen molar-refractivity contribution < 1.29 is 14.3 Å². The van der Waals surface area contributed by atoms with Gasteiger partial charge in [-0.3, -0.25) is 4.79 Å². The predicted molar refractivity (Wildman–Crippen MR) is 85.3 cm³/mol. The van der Waals surface area contributed by atoms with E-state index in [4.69, 9.17) is 4.42 Å². The Bertz CT molecular complexity index is 770. The Balaban J connectivity index is 2.11. The summed E-state index contributed by atoms with van der Waals surface area (Å²) in [6, 6.07) is 5.83. The third-order valence-electron chi connectivity index (χ3n) is 3.18. The third kappa shape index (κ3) is 2.77. The average Bonchev–Trinajstić information content (AvgIpc) is 3.20. The molecule has 112 valence electrons. The summed E-state index contributed by atoms with van der Waals surface area (Å²) < 4.78 is 4.92. The minimum atomic E-state index is -0.982. The Morgan fingerprint density at radius 1 is 1.45 bits per heavy atom. The van der Waals surface area contributed by atoms with E-state index in [1.54, 1.807) is 17.5 Å². The van der Waals surface area contributed by atoms with Crippen LogP contribution in [-0.4, -0.2) is 27.3 Å². The van der Waals surface area contributed by atoms with Gasteiger partial charge in [-0.25, -0.2) is 9.97 Å². The number of oxazole rings is 1. The Kier molecular flexibility index (Phi) is 4.26. The Labute approximate surface area is 135 Å². The second-order valence-corrected chi connectivity index (χ2v) is 6.23. The van der Waals surface area contributed by atoms with Crippen molar-refractivity contribution in [3.63, 3.8) is 0 Å². The van der Waals surface area contributed by atoms with Crippen LogP contribution in [0.4, 0.5) is 0 Å². The summed E-state index contributed by atoms with van der Waals surface area (Å²) >= 11 is 3.13. The Hall–Kier alpha value is -2.12. The SMILES string of the molecule is CSc1ncc(C(C(=O)O)c2cocn2)cc1-c1cccs1. The van der Waals surface area contributed by atoms with Gasteiger partial charge in [0.2, 0.25) is 0 Å². The molecule has 0 fully saturated rings. The third-order valence-corrected chi connectivity index (χ3v) is 4.79. The first-order valence-corrected chi connectivity index (χ1v) is 8.50. The van der Waals surface area contributed by atoms with Gasteiger partial charge in [0.1, 0.15) is 17.2 Å². The monoisotopic (exact) mass is 332 g/mol. The van der Waals surface area contributed by atoms with Crippen molar-refractivity contribution in [2.24, 2.45) is 0 Å². The van der Waals surface area contributed by atoms with Gasteiger partial charge in [0.05, 0.1) is 5.69 Å². The van der Waals surface area contributed by atoms with E-state index in [0.29, 0.717) is 11.3 Å². The Morgan fingerprint density at radius 2 is 2.32 bits per heavy atom. The van der Waals surface area contributed by atoms with Crippen molar-refractivity contribution in [1.82, 2.24) is 9.97 Å². The van der Waals surface area contributed by atoms with Gasteiger partial charge in [0.15, 0.2) is 6.39 Å². The number of aliphatic carboxylic acids is 1. The molecule has 0 bridgehead atoms. The number of pyridine rings is 1. The lowest BCUT2D eigenvalue weighted by molar-refractivity contribution is -0.137. The quantitative estimate of drug-likeness (QED) is 0.717. The lowest BCUT2D eigenvalue weighted by atomic mass is 9.96. The highest BCUT2D eigenvalue weighted by atomic mass is 32.2. The van der Waals surface area contributed by atoms with Gasteiger partial charge >= 0.3 is 5.97 Å². The van der Waals surface area contributed by atoms with Crippen LogP contribution >= 0.6 is 23.1 Å². The summed E-state index contributed by atoms with van der Waals surface area (Å²) in [5.41, 5.74) is 1.89. The number of carbonyl (C=O) groups is 1. The molecule has 0 aliphatic carbocycles. The molecule has 1 unspecified atom stereocenters. The molecule has 3 aromatic heterocycles. The summed E-state index contributed by atoms with van der Waals surface area (Å²) in [6.45, 7) is 0. The summed E-state index contributed by atoms with van der Waals surface area (Å²) in [5, 5.41) is 12.4. The van der Waals surface area contributed by atoms with E-state index in [2.05, 4.69) is 9.97 Å². The molecule has 7 heteroatoms. The van der Waals surface area contributed by atoms with Crippen LogP contribution in [0.2, 0.25) is 0 Å².